The number of oxime groups is 1. The molecule has 0 atom stereocenters. The van der Waals surface area contributed by atoms with Crippen molar-refractivity contribution < 1.29 is 24.7 Å². The van der Waals surface area contributed by atoms with Crippen molar-refractivity contribution in [3.8, 4) is 5.75 Å². The van der Waals surface area contributed by atoms with Gasteiger partial charge in [-0.2, -0.15) is 0 Å². The van der Waals surface area contributed by atoms with Crippen molar-refractivity contribution in [2.75, 3.05) is 24.6 Å². The molecular weight excluding hydrogens is 460 g/mol. The van der Waals surface area contributed by atoms with E-state index in [1.807, 2.05) is 0 Å². The number of nitrogens with two attached hydrogens (primary N) is 1. The molecule has 27 heavy (non-hydrogen) atoms. The molecular formula is C15H19BrN4O5S2. The highest BCUT2D eigenvalue weighted by Crippen LogP contribution is 2.24. The molecule has 12 heteroatoms. The van der Waals surface area contributed by atoms with Crippen LogP contribution in [0.15, 0.2) is 27.8 Å². The molecule has 0 bridgehead atoms. The Bertz CT molecular complexity index is 717. The van der Waals surface area contributed by atoms with Crippen LogP contribution in [0.25, 0.3) is 0 Å². The minimum absolute atomic E-state index is 0.0422. The molecule has 0 fully saturated rings. The van der Waals surface area contributed by atoms with Crippen molar-refractivity contribution >= 4 is 61.0 Å². The van der Waals surface area contributed by atoms with Crippen molar-refractivity contribution in [2.24, 2.45) is 10.9 Å². The first kappa shape index (κ1) is 23.1. The van der Waals surface area contributed by atoms with Gasteiger partial charge in [0.25, 0.3) is 5.91 Å². The maximum atomic E-state index is 12.0. The van der Waals surface area contributed by atoms with Gasteiger partial charge in [-0.05, 0) is 33.6 Å². The summed E-state index contributed by atoms with van der Waals surface area (Å²) >= 11 is 3.18. The molecule has 0 unspecified atom stereocenters. The van der Waals surface area contributed by atoms with Gasteiger partial charge in [0.2, 0.25) is 0 Å². The lowest BCUT2D eigenvalue weighted by Gasteiger charge is -2.08. The van der Waals surface area contributed by atoms with Crippen molar-refractivity contribution in [1.29, 1.82) is 0 Å². The molecule has 0 spiro atoms. The van der Waals surface area contributed by atoms with Gasteiger partial charge in [0.1, 0.15) is 11.5 Å². The molecule has 0 saturated carbocycles. The fourth-order valence-corrected chi connectivity index (χ4v) is 3.97. The van der Waals surface area contributed by atoms with Crippen LogP contribution in [0.3, 0.4) is 0 Å². The molecule has 9 nitrogen and oxygen atoms in total. The molecule has 3 amide bonds. The molecule has 1 aromatic carbocycles. The first-order valence-corrected chi connectivity index (χ1v) is 10.9. The number of aromatic hydroxyl groups is 1. The van der Waals surface area contributed by atoms with Crippen LogP contribution in [0, 0.1) is 0 Å². The van der Waals surface area contributed by atoms with E-state index in [9.17, 15) is 19.5 Å². The van der Waals surface area contributed by atoms with Gasteiger partial charge in [0, 0.05) is 31.0 Å². The second-order valence-electron chi connectivity index (χ2n) is 5.03. The van der Waals surface area contributed by atoms with Crippen LogP contribution in [0.1, 0.15) is 5.56 Å². The standard InChI is InChI=1S/C15H19BrN4O5S2/c16-10-7-9(1-2-12(10)21)8-11(20-25)14(23)18-3-5-26-27-6-4-19-15(24)13(17)22/h1-2,7,21,25H,3-6,8H2,(H2,17,22)(H,18,23)(H,19,24)/b20-11-. The van der Waals surface area contributed by atoms with Crippen LogP contribution < -0.4 is 16.4 Å². The zero-order valence-electron chi connectivity index (χ0n) is 14.1. The summed E-state index contributed by atoms with van der Waals surface area (Å²) in [5.41, 5.74) is 5.46. The zero-order chi connectivity index (χ0) is 20.2. The molecule has 148 valence electrons. The lowest BCUT2D eigenvalue weighted by atomic mass is 10.1. The Morgan fingerprint density at radius 2 is 1.70 bits per heavy atom. The maximum absolute atomic E-state index is 12.0. The minimum Gasteiger partial charge on any atom is -0.507 e. The third kappa shape index (κ3) is 9.02. The smallest absolute Gasteiger partial charge is 0.309 e. The van der Waals surface area contributed by atoms with Gasteiger partial charge >= 0.3 is 11.8 Å². The summed E-state index contributed by atoms with van der Waals surface area (Å²) in [5.74, 6) is -1.06. The number of benzene rings is 1. The van der Waals surface area contributed by atoms with E-state index in [4.69, 9.17) is 10.9 Å². The molecule has 0 saturated heterocycles. The molecule has 0 aliphatic heterocycles. The number of nitrogens with zero attached hydrogens (tertiary/aromatic N) is 1. The molecule has 1 rings (SSSR count). The Hall–Kier alpha value is -1.92. The molecule has 0 aromatic heterocycles. The van der Waals surface area contributed by atoms with Crippen LogP contribution in [-0.2, 0) is 20.8 Å². The summed E-state index contributed by atoms with van der Waals surface area (Å²) in [6.45, 7) is 0.678. The number of hydrogen-bond acceptors (Lipinski definition) is 8. The monoisotopic (exact) mass is 478 g/mol. The fraction of sp³-hybridized carbons (Fsp3) is 0.333. The highest BCUT2D eigenvalue weighted by Gasteiger charge is 2.13. The minimum atomic E-state index is -1.02. The Morgan fingerprint density at radius 1 is 1.11 bits per heavy atom. The number of nitrogens with one attached hydrogen (secondary N) is 2. The summed E-state index contributed by atoms with van der Waals surface area (Å²) in [6.07, 6.45) is 0.114. The second kappa shape index (κ2) is 12.5. The molecule has 0 radical (unpaired) electrons. The summed E-state index contributed by atoms with van der Waals surface area (Å²) in [7, 11) is 2.95. The number of phenolic OH excluding ortho intramolecular Hbond substituents is 1. The van der Waals surface area contributed by atoms with Crippen LogP contribution >= 0.6 is 37.5 Å². The summed E-state index contributed by atoms with van der Waals surface area (Å²) in [5, 5.41) is 26.6. The summed E-state index contributed by atoms with van der Waals surface area (Å²) in [4.78, 5) is 33.5. The predicted octanol–water partition coefficient (Wildman–Crippen LogP) is 0.627. The van der Waals surface area contributed by atoms with E-state index >= 15 is 0 Å². The molecule has 1 aromatic rings. The van der Waals surface area contributed by atoms with Crippen molar-refractivity contribution in [3.63, 3.8) is 0 Å². The van der Waals surface area contributed by atoms with Gasteiger partial charge in [-0.15, -0.1) is 0 Å². The zero-order valence-corrected chi connectivity index (χ0v) is 17.3. The number of rotatable bonds is 10. The SMILES string of the molecule is NC(=O)C(=O)NCCSSCCNC(=O)/C(Cc1ccc(O)c(Br)c1)=N\O. The van der Waals surface area contributed by atoms with Gasteiger partial charge in [-0.1, -0.05) is 32.8 Å². The quantitative estimate of drug-likeness (QED) is 0.0824. The van der Waals surface area contributed by atoms with Crippen LogP contribution in [0.2, 0.25) is 0 Å². The number of amides is 3. The van der Waals surface area contributed by atoms with Gasteiger partial charge in [-0.25, -0.2) is 0 Å². The van der Waals surface area contributed by atoms with E-state index in [0.717, 1.165) is 0 Å². The molecule has 0 aliphatic carbocycles. The molecule has 0 heterocycles. The highest BCUT2D eigenvalue weighted by molar-refractivity contribution is 9.10. The topological polar surface area (TPSA) is 154 Å². The van der Waals surface area contributed by atoms with E-state index < -0.39 is 17.7 Å². The number of primary amides is 1. The van der Waals surface area contributed by atoms with Gasteiger partial charge in [-0.3, -0.25) is 14.4 Å². The summed E-state index contributed by atoms with van der Waals surface area (Å²) in [6, 6.07) is 4.74. The number of hydrogen-bond donors (Lipinski definition) is 5. The van der Waals surface area contributed by atoms with Gasteiger partial charge in [0.05, 0.1) is 4.47 Å². The predicted molar refractivity (Wildman–Crippen MR) is 109 cm³/mol. The van der Waals surface area contributed by atoms with Crippen LogP contribution in [-0.4, -0.2) is 58.3 Å². The Labute approximate surface area is 172 Å². The highest BCUT2D eigenvalue weighted by atomic mass is 79.9. The molecule has 6 N–H and O–H groups in total. The van der Waals surface area contributed by atoms with Crippen LogP contribution in [0.5, 0.6) is 5.75 Å². The average Bonchev–Trinajstić information content (AvgIpc) is 2.64. The van der Waals surface area contributed by atoms with E-state index in [1.165, 1.54) is 27.7 Å². The lowest BCUT2D eigenvalue weighted by Crippen LogP contribution is -2.37. The van der Waals surface area contributed by atoms with Gasteiger partial charge in [0.15, 0.2) is 0 Å². The largest absolute Gasteiger partial charge is 0.507 e. The first-order valence-electron chi connectivity index (χ1n) is 7.63. The molecule has 0 aliphatic rings. The fourth-order valence-electron chi connectivity index (χ4n) is 1.73. The Morgan fingerprint density at radius 3 is 2.22 bits per heavy atom. The number of carbonyl (C=O) groups is 3. The van der Waals surface area contributed by atoms with Crippen LogP contribution in [0.4, 0.5) is 0 Å². The third-order valence-corrected chi connectivity index (χ3v) is 6.06. The van der Waals surface area contributed by atoms with E-state index in [-0.39, 0.29) is 17.9 Å². The Kier molecular flexibility index (Phi) is 10.7. The van der Waals surface area contributed by atoms with E-state index in [2.05, 4.69) is 31.7 Å². The second-order valence-corrected chi connectivity index (χ2v) is 8.59. The van der Waals surface area contributed by atoms with Crippen molar-refractivity contribution in [1.82, 2.24) is 10.6 Å². The van der Waals surface area contributed by atoms with Gasteiger partial charge < -0.3 is 26.7 Å². The first-order chi connectivity index (χ1) is 12.8. The van der Waals surface area contributed by atoms with Crippen molar-refractivity contribution in [3.05, 3.63) is 28.2 Å². The van der Waals surface area contributed by atoms with Crippen molar-refractivity contribution in [2.45, 2.75) is 6.42 Å². The summed E-state index contributed by atoms with van der Waals surface area (Å²) < 4.78 is 0.484. The number of carbonyl (C=O) groups excluding carboxylic acids is 3. The maximum Gasteiger partial charge on any atom is 0.309 e. The number of halogens is 1. The van der Waals surface area contributed by atoms with E-state index in [1.54, 1.807) is 12.1 Å². The average molecular weight is 479 g/mol. The van der Waals surface area contributed by atoms with E-state index in [0.29, 0.717) is 34.6 Å². The lowest BCUT2D eigenvalue weighted by molar-refractivity contribution is -0.137. The number of phenols is 1. The normalized spacial score (nSPS) is 11.1. The third-order valence-electron chi connectivity index (χ3n) is 3.02. The Balaban J connectivity index is 2.23.